The standard InChI is InChI=1S/C83H162O17P2/c1-7-9-11-13-15-17-19-21-23-24-25-26-27-29-31-37-43-50-56-62-68-83(88)99-78(71-93-80(85)65-59-53-47-41-35-33-32-34-39-45-51-57-63-75(3)4)73-97-101(89,90)95-69-77(84)70-96-102(91,92)98-74-79(72-94-81(86)66-60-54-48-44-38-40-46-52-58-64-76(5)6)100-82(87)67-61-55-49-42-36-30-28-22-20-18-16-14-12-10-8-2/h75-79,84H,7-74H2,1-6H3,(H,89,90)(H,91,92)/t77-,78-,79-/m1/s1. The van der Waals surface area contributed by atoms with Crippen molar-refractivity contribution in [2.75, 3.05) is 39.6 Å². The van der Waals surface area contributed by atoms with Gasteiger partial charge in [-0.2, -0.15) is 0 Å². The van der Waals surface area contributed by atoms with Gasteiger partial charge in [-0.15, -0.1) is 0 Å². The Morgan fingerprint density at radius 2 is 0.451 bits per heavy atom. The van der Waals surface area contributed by atoms with Crippen molar-refractivity contribution in [1.29, 1.82) is 0 Å². The molecule has 0 rings (SSSR count). The average Bonchev–Trinajstić information content (AvgIpc) is 0.913. The molecule has 606 valence electrons. The molecule has 19 heteroatoms. The van der Waals surface area contributed by atoms with Gasteiger partial charge in [0.05, 0.1) is 26.4 Å². The molecule has 5 atom stereocenters. The minimum atomic E-state index is -4.96. The normalized spacial score (nSPS) is 13.9. The zero-order chi connectivity index (χ0) is 74.9. The molecule has 0 aromatic carbocycles. The topological polar surface area (TPSA) is 237 Å². The van der Waals surface area contributed by atoms with E-state index < -0.39 is 97.5 Å². The van der Waals surface area contributed by atoms with Crippen molar-refractivity contribution in [3.8, 4) is 0 Å². The molecule has 102 heavy (non-hydrogen) atoms. The molecule has 17 nitrogen and oxygen atoms in total. The lowest BCUT2D eigenvalue weighted by molar-refractivity contribution is -0.161. The minimum Gasteiger partial charge on any atom is -0.462 e. The number of aliphatic hydroxyl groups excluding tert-OH is 1. The van der Waals surface area contributed by atoms with Crippen LogP contribution >= 0.6 is 15.6 Å². The second kappa shape index (κ2) is 74.5. The Kier molecular flexibility index (Phi) is 73.1. The van der Waals surface area contributed by atoms with Crippen molar-refractivity contribution in [1.82, 2.24) is 0 Å². The number of aliphatic hydroxyl groups is 1. The summed E-state index contributed by atoms with van der Waals surface area (Å²) in [5, 5.41) is 10.7. The number of unbranched alkanes of at least 4 members (excludes halogenated alkanes) is 52. The van der Waals surface area contributed by atoms with E-state index in [2.05, 4.69) is 41.5 Å². The number of carbonyl (C=O) groups excluding carboxylic acids is 4. The Hall–Kier alpha value is -1.94. The fourth-order valence-electron chi connectivity index (χ4n) is 12.9. The molecule has 0 aliphatic heterocycles. The van der Waals surface area contributed by atoms with Crippen LogP contribution in [-0.4, -0.2) is 96.7 Å². The highest BCUT2D eigenvalue weighted by Gasteiger charge is 2.30. The number of carbonyl (C=O) groups is 4. The van der Waals surface area contributed by atoms with E-state index in [1.165, 1.54) is 257 Å². The first-order valence-corrected chi connectivity index (χ1v) is 46.0. The summed E-state index contributed by atoms with van der Waals surface area (Å²) < 4.78 is 68.8. The van der Waals surface area contributed by atoms with Crippen molar-refractivity contribution in [3.05, 3.63) is 0 Å². The second-order valence-electron chi connectivity index (χ2n) is 30.8. The monoisotopic (exact) mass is 1490 g/mol. The van der Waals surface area contributed by atoms with Gasteiger partial charge in [-0.05, 0) is 37.5 Å². The molecule has 0 saturated carbocycles. The molecular weight excluding hydrogens is 1330 g/mol. The fraction of sp³-hybridized carbons (Fsp3) is 0.952. The maximum atomic E-state index is 13.1. The van der Waals surface area contributed by atoms with E-state index in [0.29, 0.717) is 25.7 Å². The summed E-state index contributed by atoms with van der Waals surface area (Å²) in [5.41, 5.74) is 0. The highest BCUT2D eigenvalue weighted by molar-refractivity contribution is 7.47. The fourth-order valence-corrected chi connectivity index (χ4v) is 14.5. The van der Waals surface area contributed by atoms with Gasteiger partial charge in [0, 0.05) is 25.7 Å². The molecule has 0 aromatic rings. The highest BCUT2D eigenvalue weighted by atomic mass is 31.2. The first-order valence-electron chi connectivity index (χ1n) is 43.0. The Morgan fingerprint density at radius 3 is 0.667 bits per heavy atom. The number of esters is 4. The van der Waals surface area contributed by atoms with E-state index in [1.54, 1.807) is 0 Å². The van der Waals surface area contributed by atoms with E-state index >= 15 is 0 Å². The van der Waals surface area contributed by atoms with E-state index in [-0.39, 0.29) is 25.7 Å². The zero-order valence-electron chi connectivity index (χ0n) is 66.9. The Balaban J connectivity index is 5.25. The smallest absolute Gasteiger partial charge is 0.462 e. The van der Waals surface area contributed by atoms with Crippen LogP contribution in [0.3, 0.4) is 0 Å². The van der Waals surface area contributed by atoms with Crippen LogP contribution in [0.5, 0.6) is 0 Å². The molecular formula is C83H162O17P2. The summed E-state index contributed by atoms with van der Waals surface area (Å²) in [6.07, 6.45) is 65.2. The molecule has 3 N–H and O–H groups in total. The third-order valence-corrected chi connectivity index (χ3v) is 21.4. The van der Waals surface area contributed by atoms with Crippen molar-refractivity contribution in [3.63, 3.8) is 0 Å². The Morgan fingerprint density at radius 1 is 0.265 bits per heavy atom. The second-order valence-corrected chi connectivity index (χ2v) is 33.7. The van der Waals surface area contributed by atoms with Gasteiger partial charge >= 0.3 is 39.5 Å². The van der Waals surface area contributed by atoms with Crippen LogP contribution in [0.2, 0.25) is 0 Å². The minimum absolute atomic E-state index is 0.108. The number of phosphoric acid groups is 2. The maximum Gasteiger partial charge on any atom is 0.472 e. The third-order valence-electron chi connectivity index (χ3n) is 19.5. The highest BCUT2D eigenvalue weighted by Crippen LogP contribution is 2.45. The lowest BCUT2D eigenvalue weighted by Gasteiger charge is -2.21. The van der Waals surface area contributed by atoms with Gasteiger partial charge in [-0.3, -0.25) is 37.3 Å². The van der Waals surface area contributed by atoms with Crippen LogP contribution in [0.25, 0.3) is 0 Å². The molecule has 0 aliphatic rings. The van der Waals surface area contributed by atoms with Crippen LogP contribution in [0.15, 0.2) is 0 Å². The third kappa shape index (κ3) is 76.3. The average molecular weight is 1490 g/mol. The van der Waals surface area contributed by atoms with Crippen LogP contribution in [0.4, 0.5) is 0 Å². The van der Waals surface area contributed by atoms with Crippen molar-refractivity contribution in [2.24, 2.45) is 11.8 Å². The quantitative estimate of drug-likeness (QED) is 0.0222. The van der Waals surface area contributed by atoms with Crippen molar-refractivity contribution in [2.45, 2.75) is 458 Å². The molecule has 0 saturated heterocycles. The predicted octanol–water partition coefficient (Wildman–Crippen LogP) is 25.1. The van der Waals surface area contributed by atoms with Crippen LogP contribution < -0.4 is 0 Å². The van der Waals surface area contributed by atoms with Gasteiger partial charge in [0.15, 0.2) is 12.2 Å². The van der Waals surface area contributed by atoms with Crippen molar-refractivity contribution >= 4 is 39.5 Å². The SMILES string of the molecule is CCCCCCCCCCCCCCCCCCCCCCC(=O)O[C@H](COC(=O)CCCCCCCCCCCCCCC(C)C)COP(=O)(O)OC[C@@H](O)COP(=O)(O)OC[C@@H](COC(=O)CCCCCCCCCCCC(C)C)OC(=O)CCCCCCCCCCCCCCCCC. The number of hydrogen-bond donors (Lipinski definition) is 3. The van der Waals surface area contributed by atoms with Gasteiger partial charge in [0.1, 0.15) is 19.3 Å². The van der Waals surface area contributed by atoms with Crippen LogP contribution in [0.1, 0.15) is 440 Å². The lowest BCUT2D eigenvalue weighted by Crippen LogP contribution is -2.30. The molecule has 0 spiro atoms. The molecule has 0 bridgehead atoms. The number of ether oxygens (including phenoxy) is 4. The lowest BCUT2D eigenvalue weighted by atomic mass is 10.0. The predicted molar refractivity (Wildman–Crippen MR) is 418 cm³/mol. The van der Waals surface area contributed by atoms with E-state index in [4.69, 9.17) is 37.0 Å². The molecule has 0 aromatic heterocycles. The molecule has 0 fully saturated rings. The summed E-state index contributed by atoms with van der Waals surface area (Å²) in [7, 11) is -9.92. The molecule has 2 unspecified atom stereocenters. The molecule has 0 heterocycles. The summed E-state index contributed by atoms with van der Waals surface area (Å²) in [5.74, 6) is -0.579. The molecule has 0 amide bonds. The number of rotatable bonds is 82. The van der Waals surface area contributed by atoms with Gasteiger partial charge in [0.2, 0.25) is 0 Å². The first-order chi connectivity index (χ1) is 49.4. The van der Waals surface area contributed by atoms with Gasteiger partial charge in [-0.1, -0.05) is 388 Å². The van der Waals surface area contributed by atoms with E-state index in [1.807, 2.05) is 0 Å². The van der Waals surface area contributed by atoms with Gasteiger partial charge in [-0.25, -0.2) is 9.13 Å². The van der Waals surface area contributed by atoms with Crippen molar-refractivity contribution < 1.29 is 80.2 Å². The van der Waals surface area contributed by atoms with Gasteiger partial charge in [0.25, 0.3) is 0 Å². The Labute approximate surface area is 626 Å². The zero-order valence-corrected chi connectivity index (χ0v) is 68.7. The maximum absolute atomic E-state index is 13.1. The molecule has 0 radical (unpaired) electrons. The van der Waals surface area contributed by atoms with E-state index in [9.17, 15) is 43.2 Å². The largest absolute Gasteiger partial charge is 0.472 e. The molecule has 0 aliphatic carbocycles. The summed E-state index contributed by atoms with van der Waals surface area (Å²) in [4.78, 5) is 73.1. The number of phosphoric ester groups is 2. The summed E-state index contributed by atoms with van der Waals surface area (Å²) >= 11 is 0. The Bertz CT molecular complexity index is 1960. The van der Waals surface area contributed by atoms with Crippen LogP contribution in [0, 0.1) is 11.8 Å². The summed E-state index contributed by atoms with van der Waals surface area (Å²) in [6, 6.07) is 0. The first kappa shape index (κ1) is 100. The van der Waals surface area contributed by atoms with Crippen LogP contribution in [-0.2, 0) is 65.4 Å². The van der Waals surface area contributed by atoms with Gasteiger partial charge < -0.3 is 33.8 Å². The number of hydrogen-bond acceptors (Lipinski definition) is 15. The van der Waals surface area contributed by atoms with E-state index in [0.717, 1.165) is 102 Å². The summed E-state index contributed by atoms with van der Waals surface area (Å²) in [6.45, 7) is 9.65.